The van der Waals surface area contributed by atoms with Crippen LogP contribution in [0.1, 0.15) is 26.7 Å². The lowest BCUT2D eigenvalue weighted by molar-refractivity contribution is 0.108. The first-order valence-corrected chi connectivity index (χ1v) is 7.30. The van der Waals surface area contributed by atoms with Crippen LogP contribution >= 0.6 is 11.8 Å². The number of hydrogen-bond donors (Lipinski definition) is 1. The summed E-state index contributed by atoms with van der Waals surface area (Å²) in [5.41, 5.74) is 0. The molecule has 1 saturated heterocycles. The highest BCUT2D eigenvalue weighted by Crippen LogP contribution is 2.22. The van der Waals surface area contributed by atoms with E-state index in [-0.39, 0.29) is 0 Å². The Balaban J connectivity index is 1.76. The highest BCUT2D eigenvalue weighted by atomic mass is 32.2. The maximum absolute atomic E-state index is 5.52. The molecule has 0 aromatic rings. The van der Waals surface area contributed by atoms with E-state index in [9.17, 15) is 0 Å². The van der Waals surface area contributed by atoms with Crippen molar-refractivity contribution in [3.8, 4) is 0 Å². The molecular weight excluding hydrogens is 206 g/mol. The van der Waals surface area contributed by atoms with Gasteiger partial charge in [-0.15, -0.1) is 0 Å². The Morgan fingerprint density at radius 3 is 3.00 bits per heavy atom. The Hall–Kier alpha value is 0.270. The molecule has 0 bridgehead atoms. The summed E-state index contributed by atoms with van der Waals surface area (Å²) < 4.78 is 5.52. The molecule has 1 fully saturated rings. The van der Waals surface area contributed by atoms with E-state index < -0.39 is 0 Å². The second-order valence-corrected chi connectivity index (χ2v) is 5.91. The van der Waals surface area contributed by atoms with Crippen LogP contribution in [0.3, 0.4) is 0 Å². The lowest BCUT2D eigenvalue weighted by atomic mass is 10.1. The van der Waals surface area contributed by atoms with Gasteiger partial charge in [0.05, 0.1) is 0 Å². The minimum atomic E-state index is 0.661. The van der Waals surface area contributed by atoms with Crippen LogP contribution in [-0.2, 0) is 4.74 Å². The largest absolute Gasteiger partial charge is 0.381 e. The molecule has 15 heavy (non-hydrogen) atoms. The first-order chi connectivity index (χ1) is 7.29. The van der Waals surface area contributed by atoms with Crippen molar-refractivity contribution in [2.75, 3.05) is 37.8 Å². The Bertz CT molecular complexity index is 147. The van der Waals surface area contributed by atoms with Gasteiger partial charge in [0, 0.05) is 13.2 Å². The molecule has 1 heterocycles. The van der Waals surface area contributed by atoms with Gasteiger partial charge in [0.2, 0.25) is 0 Å². The van der Waals surface area contributed by atoms with Crippen LogP contribution in [0.5, 0.6) is 0 Å². The van der Waals surface area contributed by atoms with E-state index >= 15 is 0 Å². The quantitative estimate of drug-likeness (QED) is 0.648. The molecular formula is C12H25NOS. The van der Waals surface area contributed by atoms with Gasteiger partial charge in [0.1, 0.15) is 0 Å². The van der Waals surface area contributed by atoms with Crippen LogP contribution in [0.4, 0.5) is 0 Å². The average Bonchev–Trinajstić information content (AvgIpc) is 2.68. The lowest BCUT2D eigenvalue weighted by Gasteiger charge is -2.10. The van der Waals surface area contributed by atoms with E-state index in [0.29, 0.717) is 5.92 Å². The Labute approximate surface area is 98.5 Å². The van der Waals surface area contributed by atoms with Crippen LogP contribution in [0, 0.1) is 11.8 Å². The van der Waals surface area contributed by atoms with Crippen LogP contribution in [0.25, 0.3) is 0 Å². The molecule has 1 unspecified atom stereocenters. The second-order valence-electron chi connectivity index (χ2n) is 4.76. The van der Waals surface area contributed by atoms with Crippen molar-refractivity contribution < 1.29 is 4.74 Å². The number of rotatable bonds is 8. The average molecular weight is 231 g/mol. The lowest BCUT2D eigenvalue weighted by Crippen LogP contribution is -2.24. The van der Waals surface area contributed by atoms with Crippen molar-refractivity contribution in [2.24, 2.45) is 11.8 Å². The molecule has 90 valence electrons. The van der Waals surface area contributed by atoms with Gasteiger partial charge in [0.15, 0.2) is 0 Å². The molecule has 0 saturated carbocycles. The standard InChI is InChI=1S/C12H25NOS/c1-11(2)9-14-6-3-5-13-8-12-4-7-15-10-12/h11-13H,3-10H2,1-2H3. The fraction of sp³-hybridized carbons (Fsp3) is 1.00. The zero-order valence-electron chi connectivity index (χ0n) is 10.1. The molecule has 1 aliphatic rings. The molecule has 0 radical (unpaired) electrons. The summed E-state index contributed by atoms with van der Waals surface area (Å²) in [4.78, 5) is 0. The molecule has 0 spiro atoms. The van der Waals surface area contributed by atoms with Crippen molar-refractivity contribution in [3.63, 3.8) is 0 Å². The van der Waals surface area contributed by atoms with E-state index in [2.05, 4.69) is 30.9 Å². The summed E-state index contributed by atoms with van der Waals surface area (Å²) >= 11 is 2.09. The third kappa shape index (κ3) is 7.20. The minimum Gasteiger partial charge on any atom is -0.381 e. The molecule has 1 N–H and O–H groups in total. The monoisotopic (exact) mass is 231 g/mol. The fourth-order valence-electron chi connectivity index (χ4n) is 1.67. The molecule has 2 nitrogen and oxygen atoms in total. The molecule has 1 rings (SSSR count). The summed E-state index contributed by atoms with van der Waals surface area (Å²) in [5.74, 6) is 4.31. The van der Waals surface area contributed by atoms with Gasteiger partial charge in [-0.3, -0.25) is 0 Å². The molecule has 3 heteroatoms. The van der Waals surface area contributed by atoms with Gasteiger partial charge in [-0.2, -0.15) is 11.8 Å². The molecule has 0 amide bonds. The zero-order chi connectivity index (χ0) is 10.9. The summed E-state index contributed by atoms with van der Waals surface area (Å²) in [6.07, 6.45) is 2.55. The maximum atomic E-state index is 5.52. The number of thioether (sulfide) groups is 1. The summed E-state index contributed by atoms with van der Waals surface area (Å²) in [6.45, 7) is 8.51. The predicted octanol–water partition coefficient (Wildman–Crippen LogP) is 2.39. The zero-order valence-corrected chi connectivity index (χ0v) is 10.9. The third-order valence-electron chi connectivity index (χ3n) is 2.55. The van der Waals surface area contributed by atoms with Crippen molar-refractivity contribution in [1.82, 2.24) is 5.32 Å². The van der Waals surface area contributed by atoms with E-state index in [1.54, 1.807) is 0 Å². The van der Waals surface area contributed by atoms with Crippen LogP contribution in [0.15, 0.2) is 0 Å². The predicted molar refractivity (Wildman–Crippen MR) is 68.6 cm³/mol. The van der Waals surface area contributed by atoms with Crippen LogP contribution in [-0.4, -0.2) is 37.8 Å². The van der Waals surface area contributed by atoms with Gasteiger partial charge < -0.3 is 10.1 Å². The summed E-state index contributed by atoms with van der Waals surface area (Å²) in [5, 5.41) is 3.52. The van der Waals surface area contributed by atoms with Crippen molar-refractivity contribution in [1.29, 1.82) is 0 Å². The third-order valence-corrected chi connectivity index (χ3v) is 3.78. The van der Waals surface area contributed by atoms with Crippen molar-refractivity contribution >= 4 is 11.8 Å². The summed E-state index contributed by atoms with van der Waals surface area (Å²) in [6, 6.07) is 0. The van der Waals surface area contributed by atoms with Gasteiger partial charge in [-0.25, -0.2) is 0 Å². The minimum absolute atomic E-state index is 0.661. The Morgan fingerprint density at radius 1 is 1.47 bits per heavy atom. The number of hydrogen-bond acceptors (Lipinski definition) is 3. The van der Waals surface area contributed by atoms with Gasteiger partial charge >= 0.3 is 0 Å². The Morgan fingerprint density at radius 2 is 2.33 bits per heavy atom. The van der Waals surface area contributed by atoms with Gasteiger partial charge in [0.25, 0.3) is 0 Å². The highest BCUT2D eigenvalue weighted by Gasteiger charge is 2.14. The van der Waals surface area contributed by atoms with Gasteiger partial charge in [-0.1, -0.05) is 13.8 Å². The van der Waals surface area contributed by atoms with E-state index in [1.165, 1.54) is 24.5 Å². The van der Waals surface area contributed by atoms with E-state index in [0.717, 1.165) is 32.1 Å². The maximum Gasteiger partial charge on any atom is 0.0489 e. The molecule has 0 aromatic carbocycles. The van der Waals surface area contributed by atoms with E-state index in [1.807, 2.05) is 0 Å². The SMILES string of the molecule is CC(C)COCCCNCC1CCSC1. The smallest absolute Gasteiger partial charge is 0.0489 e. The summed E-state index contributed by atoms with van der Waals surface area (Å²) in [7, 11) is 0. The van der Waals surface area contributed by atoms with Crippen LogP contribution in [0.2, 0.25) is 0 Å². The van der Waals surface area contributed by atoms with Crippen LogP contribution < -0.4 is 5.32 Å². The second kappa shape index (κ2) is 8.43. The van der Waals surface area contributed by atoms with E-state index in [4.69, 9.17) is 4.74 Å². The number of ether oxygens (including phenoxy) is 1. The molecule has 0 aromatic heterocycles. The topological polar surface area (TPSA) is 21.3 Å². The molecule has 1 atom stereocenters. The van der Waals surface area contributed by atoms with Gasteiger partial charge in [-0.05, 0) is 49.3 Å². The first-order valence-electron chi connectivity index (χ1n) is 6.15. The normalized spacial score (nSPS) is 21.4. The van der Waals surface area contributed by atoms with Crippen molar-refractivity contribution in [2.45, 2.75) is 26.7 Å². The number of nitrogens with one attached hydrogen (secondary N) is 1. The highest BCUT2D eigenvalue weighted by molar-refractivity contribution is 7.99. The van der Waals surface area contributed by atoms with Crippen molar-refractivity contribution in [3.05, 3.63) is 0 Å². The fourth-order valence-corrected chi connectivity index (χ4v) is 2.95. The Kier molecular flexibility index (Phi) is 7.49. The molecule has 1 aliphatic heterocycles. The molecule has 0 aliphatic carbocycles. The first kappa shape index (κ1) is 13.3.